The molecule has 0 bridgehead atoms. The van der Waals surface area contributed by atoms with Gasteiger partial charge in [-0.05, 0) is 38.8 Å². The van der Waals surface area contributed by atoms with Gasteiger partial charge >= 0.3 is 0 Å². The number of hydrogen-bond donors (Lipinski definition) is 3. The van der Waals surface area contributed by atoms with E-state index in [2.05, 4.69) is 16.0 Å². The first kappa shape index (κ1) is 10.9. The smallest absolute Gasteiger partial charge is 0.220 e. The lowest BCUT2D eigenvalue weighted by molar-refractivity contribution is -0.119. The van der Waals surface area contributed by atoms with Gasteiger partial charge in [-0.15, -0.1) is 0 Å². The predicted molar refractivity (Wildman–Crippen MR) is 59.7 cm³/mol. The van der Waals surface area contributed by atoms with Crippen LogP contribution in [0.2, 0.25) is 0 Å². The van der Waals surface area contributed by atoms with Crippen LogP contribution < -0.4 is 16.0 Å². The van der Waals surface area contributed by atoms with Gasteiger partial charge in [0.25, 0.3) is 0 Å². The molecule has 86 valence electrons. The van der Waals surface area contributed by atoms with E-state index in [4.69, 9.17) is 0 Å². The molecule has 4 nitrogen and oxygen atoms in total. The van der Waals surface area contributed by atoms with Gasteiger partial charge in [0.2, 0.25) is 5.91 Å². The summed E-state index contributed by atoms with van der Waals surface area (Å²) in [5, 5.41) is 9.96. The van der Waals surface area contributed by atoms with Crippen LogP contribution in [0.1, 0.15) is 32.1 Å². The summed E-state index contributed by atoms with van der Waals surface area (Å²) in [6.45, 7) is 3.21. The third kappa shape index (κ3) is 3.47. The van der Waals surface area contributed by atoms with Gasteiger partial charge in [-0.3, -0.25) is 4.79 Å². The molecule has 0 saturated carbocycles. The van der Waals surface area contributed by atoms with E-state index in [-0.39, 0.29) is 5.91 Å². The zero-order chi connectivity index (χ0) is 10.5. The van der Waals surface area contributed by atoms with Crippen molar-refractivity contribution in [1.82, 2.24) is 16.0 Å². The van der Waals surface area contributed by atoms with E-state index in [0.29, 0.717) is 18.5 Å². The van der Waals surface area contributed by atoms with Crippen LogP contribution in [0, 0.1) is 0 Å². The second-order valence-electron chi connectivity index (χ2n) is 4.59. The summed E-state index contributed by atoms with van der Waals surface area (Å²) in [7, 11) is 0. The summed E-state index contributed by atoms with van der Waals surface area (Å²) in [5.74, 6) is 0.212. The van der Waals surface area contributed by atoms with Crippen LogP contribution in [0.3, 0.4) is 0 Å². The second kappa shape index (κ2) is 5.47. The molecular formula is C11H21N3O. The zero-order valence-electron chi connectivity index (χ0n) is 9.22. The Morgan fingerprint density at radius 3 is 3.00 bits per heavy atom. The molecule has 0 aliphatic carbocycles. The van der Waals surface area contributed by atoms with E-state index in [9.17, 15) is 4.79 Å². The monoisotopic (exact) mass is 211 g/mol. The Bertz CT molecular complexity index is 212. The van der Waals surface area contributed by atoms with E-state index in [1.807, 2.05) is 0 Å². The minimum atomic E-state index is 0.212. The van der Waals surface area contributed by atoms with Gasteiger partial charge in [-0.2, -0.15) is 0 Å². The lowest BCUT2D eigenvalue weighted by Gasteiger charge is -2.18. The average molecular weight is 211 g/mol. The molecule has 2 aliphatic heterocycles. The Morgan fingerprint density at radius 2 is 2.20 bits per heavy atom. The van der Waals surface area contributed by atoms with E-state index in [1.165, 1.54) is 19.3 Å². The Labute approximate surface area is 91.2 Å². The fourth-order valence-electron chi connectivity index (χ4n) is 2.36. The molecule has 2 saturated heterocycles. The molecule has 0 aromatic rings. The van der Waals surface area contributed by atoms with E-state index in [0.717, 1.165) is 26.1 Å². The van der Waals surface area contributed by atoms with Gasteiger partial charge in [-0.1, -0.05) is 0 Å². The van der Waals surface area contributed by atoms with Crippen molar-refractivity contribution in [3.05, 3.63) is 0 Å². The largest absolute Gasteiger partial charge is 0.352 e. The van der Waals surface area contributed by atoms with Crippen LogP contribution in [0.4, 0.5) is 0 Å². The van der Waals surface area contributed by atoms with E-state index in [1.54, 1.807) is 0 Å². The number of rotatable bonds is 3. The molecule has 3 N–H and O–H groups in total. The standard InChI is InChI=1S/C11H21N3O/c15-11-4-3-10(14-11)8-13-9-2-1-6-12-7-5-9/h9-10,12-13H,1-8H2,(H,14,15). The molecular weight excluding hydrogens is 190 g/mol. The number of nitrogens with one attached hydrogen (secondary N) is 3. The van der Waals surface area contributed by atoms with Crippen molar-refractivity contribution in [2.75, 3.05) is 19.6 Å². The van der Waals surface area contributed by atoms with Crippen molar-refractivity contribution >= 4 is 5.91 Å². The minimum Gasteiger partial charge on any atom is -0.352 e. The van der Waals surface area contributed by atoms with Crippen LogP contribution in [0.25, 0.3) is 0 Å². The van der Waals surface area contributed by atoms with Crippen LogP contribution in [-0.2, 0) is 4.79 Å². The number of carbonyl (C=O) groups excluding carboxylic acids is 1. The number of hydrogen-bond acceptors (Lipinski definition) is 3. The summed E-state index contributed by atoms with van der Waals surface area (Å²) >= 11 is 0. The second-order valence-corrected chi connectivity index (χ2v) is 4.59. The lowest BCUT2D eigenvalue weighted by atomic mass is 10.1. The van der Waals surface area contributed by atoms with Crippen molar-refractivity contribution in [2.45, 2.75) is 44.2 Å². The third-order valence-electron chi connectivity index (χ3n) is 3.31. The van der Waals surface area contributed by atoms with Crippen molar-refractivity contribution in [3.63, 3.8) is 0 Å². The maximum Gasteiger partial charge on any atom is 0.220 e. The lowest BCUT2D eigenvalue weighted by Crippen LogP contribution is -2.40. The highest BCUT2D eigenvalue weighted by molar-refractivity contribution is 5.78. The maximum atomic E-state index is 11.0. The molecule has 1 amide bonds. The molecule has 2 atom stereocenters. The molecule has 0 aromatic carbocycles. The van der Waals surface area contributed by atoms with Gasteiger partial charge in [0.05, 0.1) is 0 Å². The van der Waals surface area contributed by atoms with Crippen LogP contribution >= 0.6 is 0 Å². The fourth-order valence-corrected chi connectivity index (χ4v) is 2.36. The number of amides is 1. The van der Waals surface area contributed by atoms with Gasteiger partial charge < -0.3 is 16.0 Å². The minimum absolute atomic E-state index is 0.212. The Morgan fingerprint density at radius 1 is 1.27 bits per heavy atom. The molecule has 2 aliphatic rings. The fraction of sp³-hybridized carbons (Fsp3) is 0.909. The maximum absolute atomic E-state index is 11.0. The van der Waals surface area contributed by atoms with Crippen LogP contribution in [-0.4, -0.2) is 37.6 Å². The topological polar surface area (TPSA) is 53.2 Å². The van der Waals surface area contributed by atoms with E-state index < -0.39 is 0 Å². The molecule has 2 heterocycles. The van der Waals surface area contributed by atoms with Crippen molar-refractivity contribution in [3.8, 4) is 0 Å². The van der Waals surface area contributed by atoms with Crippen molar-refractivity contribution < 1.29 is 4.79 Å². The molecule has 2 unspecified atom stereocenters. The Kier molecular flexibility index (Phi) is 3.97. The Balaban J connectivity index is 1.65. The summed E-state index contributed by atoms with van der Waals surface area (Å²) in [6, 6.07) is 1.01. The predicted octanol–water partition coefficient (Wildman–Crippen LogP) is -0.00330. The molecule has 2 rings (SSSR count). The zero-order valence-corrected chi connectivity index (χ0v) is 9.22. The first-order valence-electron chi connectivity index (χ1n) is 6.08. The summed E-state index contributed by atoms with van der Waals surface area (Å²) in [6.07, 6.45) is 5.43. The third-order valence-corrected chi connectivity index (χ3v) is 3.31. The van der Waals surface area contributed by atoms with Gasteiger partial charge in [0, 0.05) is 25.0 Å². The van der Waals surface area contributed by atoms with E-state index >= 15 is 0 Å². The molecule has 15 heavy (non-hydrogen) atoms. The molecule has 0 radical (unpaired) electrons. The van der Waals surface area contributed by atoms with Crippen molar-refractivity contribution in [2.24, 2.45) is 0 Å². The molecule has 4 heteroatoms. The SMILES string of the molecule is O=C1CCC(CNC2CCCNCC2)N1. The van der Waals surface area contributed by atoms with Crippen LogP contribution in [0.5, 0.6) is 0 Å². The molecule has 2 fully saturated rings. The first-order chi connectivity index (χ1) is 7.34. The number of carbonyl (C=O) groups is 1. The summed E-state index contributed by atoms with van der Waals surface area (Å²) in [5.41, 5.74) is 0. The van der Waals surface area contributed by atoms with Gasteiger partial charge in [-0.25, -0.2) is 0 Å². The highest BCUT2D eigenvalue weighted by Gasteiger charge is 2.21. The molecule has 0 spiro atoms. The summed E-state index contributed by atoms with van der Waals surface area (Å²) < 4.78 is 0. The normalized spacial score (nSPS) is 32.4. The highest BCUT2D eigenvalue weighted by Crippen LogP contribution is 2.08. The molecule has 0 aromatic heterocycles. The van der Waals surface area contributed by atoms with Gasteiger partial charge in [0.15, 0.2) is 0 Å². The Hall–Kier alpha value is -0.610. The average Bonchev–Trinajstić information content (AvgIpc) is 2.52. The van der Waals surface area contributed by atoms with Gasteiger partial charge in [0.1, 0.15) is 0 Å². The quantitative estimate of drug-likeness (QED) is 0.616. The first-order valence-corrected chi connectivity index (χ1v) is 6.08. The van der Waals surface area contributed by atoms with Crippen molar-refractivity contribution in [1.29, 1.82) is 0 Å². The van der Waals surface area contributed by atoms with Crippen LogP contribution in [0.15, 0.2) is 0 Å². The summed E-state index contributed by atoms with van der Waals surface area (Å²) in [4.78, 5) is 11.0. The highest BCUT2D eigenvalue weighted by atomic mass is 16.1.